The number of hydrogen-bond acceptors (Lipinski definition) is 3. The van der Waals surface area contributed by atoms with Gasteiger partial charge in [0.2, 0.25) is 0 Å². The first kappa shape index (κ1) is 12.7. The number of rotatable bonds is 2. The molecule has 0 N–H and O–H groups in total. The van der Waals surface area contributed by atoms with Crippen molar-refractivity contribution in [3.05, 3.63) is 29.3 Å². The van der Waals surface area contributed by atoms with Gasteiger partial charge >= 0.3 is 6.18 Å². The van der Waals surface area contributed by atoms with Crippen molar-refractivity contribution in [2.75, 3.05) is 13.2 Å². The second-order valence-corrected chi connectivity index (χ2v) is 3.92. The normalized spacial score (nSPS) is 19.6. The third-order valence-electron chi connectivity index (χ3n) is 2.60. The predicted octanol–water partition coefficient (Wildman–Crippen LogP) is 2.74. The molecule has 0 saturated carbocycles. The summed E-state index contributed by atoms with van der Waals surface area (Å²) in [5.74, 6) is -0.253. The van der Waals surface area contributed by atoms with E-state index in [4.69, 9.17) is 14.7 Å². The van der Waals surface area contributed by atoms with Crippen molar-refractivity contribution >= 4 is 0 Å². The maximum Gasteiger partial charge on any atom is 0.420 e. The predicted molar refractivity (Wildman–Crippen MR) is 56.0 cm³/mol. The van der Waals surface area contributed by atoms with Crippen LogP contribution in [0.2, 0.25) is 0 Å². The van der Waals surface area contributed by atoms with Gasteiger partial charge in [-0.3, -0.25) is 0 Å². The maximum absolute atomic E-state index is 12.8. The Bertz CT molecular complexity index is 473. The zero-order valence-electron chi connectivity index (χ0n) is 9.33. The van der Waals surface area contributed by atoms with Crippen molar-refractivity contribution in [3.8, 4) is 11.8 Å². The Balaban J connectivity index is 2.30. The number of hydrogen-bond donors (Lipinski definition) is 0. The molecule has 0 unspecified atom stereocenters. The Morgan fingerprint density at radius 3 is 2.72 bits per heavy atom. The number of ether oxygens (including phenoxy) is 2. The summed E-state index contributed by atoms with van der Waals surface area (Å²) in [6.07, 6.45) is -4.34. The highest BCUT2D eigenvalue weighted by atomic mass is 19.4. The summed E-state index contributed by atoms with van der Waals surface area (Å²) < 4.78 is 48.8. The lowest BCUT2D eigenvalue weighted by Crippen LogP contribution is -2.18. The van der Waals surface area contributed by atoms with Crippen LogP contribution >= 0.6 is 0 Å². The van der Waals surface area contributed by atoms with Gasteiger partial charge < -0.3 is 9.47 Å². The van der Waals surface area contributed by atoms with Gasteiger partial charge in [-0.2, -0.15) is 18.4 Å². The van der Waals surface area contributed by atoms with E-state index in [1.807, 2.05) is 0 Å². The molecule has 0 aromatic heterocycles. The molecule has 0 bridgehead atoms. The van der Waals surface area contributed by atoms with Crippen LogP contribution < -0.4 is 4.74 Å². The Hall–Kier alpha value is -1.74. The molecule has 0 aliphatic carbocycles. The summed E-state index contributed by atoms with van der Waals surface area (Å²) in [5.41, 5.74) is -0.967. The molecule has 6 heteroatoms. The van der Waals surface area contributed by atoms with Gasteiger partial charge in [-0.25, -0.2) is 0 Å². The standard InChI is InChI=1S/C12H10F3NO2/c13-12(14,15)10-5-8(6-16)1-2-11(10)18-9-3-4-17-7-9/h1-2,5,9H,3-4,7H2/t9-/m0/s1. The topological polar surface area (TPSA) is 42.2 Å². The first-order valence-electron chi connectivity index (χ1n) is 5.36. The van der Waals surface area contributed by atoms with Gasteiger partial charge in [-0.1, -0.05) is 0 Å². The van der Waals surface area contributed by atoms with Crippen LogP contribution in [0, 0.1) is 11.3 Å². The third kappa shape index (κ3) is 2.74. The Morgan fingerprint density at radius 2 is 2.17 bits per heavy atom. The van der Waals surface area contributed by atoms with E-state index in [0.29, 0.717) is 13.0 Å². The summed E-state index contributed by atoms with van der Waals surface area (Å²) in [6, 6.07) is 4.96. The van der Waals surface area contributed by atoms with Gasteiger partial charge in [0, 0.05) is 6.42 Å². The van der Waals surface area contributed by atoms with E-state index in [-0.39, 0.29) is 24.0 Å². The van der Waals surface area contributed by atoms with Crippen LogP contribution in [-0.2, 0) is 10.9 Å². The molecule has 1 fully saturated rings. The molecule has 1 aliphatic heterocycles. The van der Waals surface area contributed by atoms with Crippen LogP contribution in [-0.4, -0.2) is 19.3 Å². The van der Waals surface area contributed by atoms with E-state index in [9.17, 15) is 13.2 Å². The molecule has 2 rings (SSSR count). The van der Waals surface area contributed by atoms with Gasteiger partial charge in [0.1, 0.15) is 11.9 Å². The highest BCUT2D eigenvalue weighted by molar-refractivity contribution is 5.43. The molecule has 96 valence electrons. The van der Waals surface area contributed by atoms with Gasteiger partial charge in [-0.15, -0.1) is 0 Å². The summed E-state index contributed by atoms with van der Waals surface area (Å²) in [5, 5.41) is 8.62. The van der Waals surface area contributed by atoms with Crippen LogP contribution in [0.25, 0.3) is 0 Å². The van der Waals surface area contributed by atoms with E-state index >= 15 is 0 Å². The number of benzene rings is 1. The largest absolute Gasteiger partial charge is 0.487 e. The fraction of sp³-hybridized carbons (Fsp3) is 0.417. The van der Waals surface area contributed by atoms with Crippen LogP contribution in [0.4, 0.5) is 13.2 Å². The smallest absolute Gasteiger partial charge is 0.420 e. The van der Waals surface area contributed by atoms with Crippen LogP contribution in [0.5, 0.6) is 5.75 Å². The second kappa shape index (κ2) is 4.86. The minimum atomic E-state index is -4.54. The van der Waals surface area contributed by atoms with Crippen molar-refractivity contribution in [2.24, 2.45) is 0 Å². The van der Waals surface area contributed by atoms with Gasteiger partial charge in [0.25, 0.3) is 0 Å². The molecule has 1 atom stereocenters. The minimum Gasteiger partial charge on any atom is -0.487 e. The molecule has 1 aliphatic rings. The van der Waals surface area contributed by atoms with E-state index < -0.39 is 11.7 Å². The molecule has 1 saturated heterocycles. The van der Waals surface area contributed by atoms with Gasteiger partial charge in [0.15, 0.2) is 0 Å². The Kier molecular flexibility index (Phi) is 3.43. The van der Waals surface area contributed by atoms with E-state index in [0.717, 1.165) is 6.07 Å². The second-order valence-electron chi connectivity index (χ2n) is 3.92. The molecule has 1 aromatic rings. The maximum atomic E-state index is 12.8. The zero-order chi connectivity index (χ0) is 13.2. The third-order valence-corrected chi connectivity index (χ3v) is 2.60. The van der Waals surface area contributed by atoms with Crippen molar-refractivity contribution in [1.82, 2.24) is 0 Å². The SMILES string of the molecule is N#Cc1ccc(O[C@H]2CCOC2)c(C(F)(F)F)c1. The van der Waals surface area contributed by atoms with Gasteiger partial charge in [-0.05, 0) is 18.2 Å². The molecule has 0 spiro atoms. The van der Waals surface area contributed by atoms with Crippen molar-refractivity contribution in [2.45, 2.75) is 18.7 Å². The summed E-state index contributed by atoms with van der Waals surface area (Å²) in [6.45, 7) is 0.777. The van der Waals surface area contributed by atoms with E-state index in [2.05, 4.69) is 0 Å². The van der Waals surface area contributed by atoms with Crippen molar-refractivity contribution < 1.29 is 22.6 Å². The number of nitriles is 1. The lowest BCUT2D eigenvalue weighted by molar-refractivity contribution is -0.139. The van der Waals surface area contributed by atoms with E-state index in [1.54, 1.807) is 6.07 Å². The van der Waals surface area contributed by atoms with Crippen molar-refractivity contribution in [1.29, 1.82) is 5.26 Å². The molecule has 1 aromatic carbocycles. The average molecular weight is 257 g/mol. The summed E-state index contributed by atoms with van der Waals surface area (Å²) in [7, 11) is 0. The molecule has 0 radical (unpaired) electrons. The highest BCUT2D eigenvalue weighted by Crippen LogP contribution is 2.37. The summed E-state index contributed by atoms with van der Waals surface area (Å²) in [4.78, 5) is 0. The molecule has 0 amide bonds. The molecular formula is C12H10F3NO2. The fourth-order valence-electron chi connectivity index (χ4n) is 1.71. The number of alkyl halides is 3. The first-order chi connectivity index (χ1) is 8.50. The lowest BCUT2D eigenvalue weighted by atomic mass is 10.1. The van der Waals surface area contributed by atoms with E-state index in [1.165, 1.54) is 12.1 Å². The first-order valence-corrected chi connectivity index (χ1v) is 5.36. The number of halogens is 3. The highest BCUT2D eigenvalue weighted by Gasteiger charge is 2.35. The van der Waals surface area contributed by atoms with Crippen LogP contribution in [0.3, 0.4) is 0 Å². The molecule has 1 heterocycles. The quantitative estimate of drug-likeness (QED) is 0.818. The van der Waals surface area contributed by atoms with Gasteiger partial charge in [0.05, 0.1) is 30.4 Å². The zero-order valence-corrected chi connectivity index (χ0v) is 9.33. The fourth-order valence-corrected chi connectivity index (χ4v) is 1.71. The molecular weight excluding hydrogens is 247 g/mol. The summed E-state index contributed by atoms with van der Waals surface area (Å²) >= 11 is 0. The Morgan fingerprint density at radius 1 is 1.39 bits per heavy atom. The van der Waals surface area contributed by atoms with Crippen LogP contribution in [0.15, 0.2) is 18.2 Å². The number of nitrogens with zero attached hydrogens (tertiary/aromatic N) is 1. The lowest BCUT2D eigenvalue weighted by Gasteiger charge is -2.17. The minimum absolute atomic E-state index is 0.0441. The monoisotopic (exact) mass is 257 g/mol. The average Bonchev–Trinajstić information content (AvgIpc) is 2.81. The Labute approximate surface area is 102 Å². The molecule has 18 heavy (non-hydrogen) atoms. The van der Waals surface area contributed by atoms with Crippen LogP contribution in [0.1, 0.15) is 17.5 Å². The molecule has 3 nitrogen and oxygen atoms in total. The van der Waals surface area contributed by atoms with Crippen molar-refractivity contribution in [3.63, 3.8) is 0 Å².